The zero-order chi connectivity index (χ0) is 14.4. The lowest BCUT2D eigenvalue weighted by molar-refractivity contribution is -0.119. The first-order chi connectivity index (χ1) is 8.99. The Labute approximate surface area is 111 Å². The molecule has 0 bridgehead atoms. The van der Waals surface area contributed by atoms with E-state index in [1.54, 1.807) is 12.1 Å². The molecule has 0 saturated carbocycles. The molecule has 19 heavy (non-hydrogen) atoms. The number of methoxy groups -OCH3 is 1. The van der Waals surface area contributed by atoms with Gasteiger partial charge < -0.3 is 20.3 Å². The molecule has 0 fully saturated rings. The summed E-state index contributed by atoms with van der Waals surface area (Å²) < 4.78 is 4.99. The summed E-state index contributed by atoms with van der Waals surface area (Å²) in [6, 6.07) is 6.49. The fourth-order valence-electron chi connectivity index (χ4n) is 1.58. The Morgan fingerprint density at radius 1 is 1.53 bits per heavy atom. The van der Waals surface area contributed by atoms with Crippen LogP contribution in [0.5, 0.6) is 5.75 Å². The number of hydrogen-bond acceptors (Lipinski definition) is 5. The van der Waals surface area contributed by atoms with Gasteiger partial charge in [-0.15, -0.1) is 0 Å². The van der Waals surface area contributed by atoms with E-state index in [0.29, 0.717) is 11.3 Å². The number of hydrogen-bond donors (Lipinski definition) is 3. The van der Waals surface area contributed by atoms with Crippen LogP contribution in [0.15, 0.2) is 18.2 Å². The molecule has 6 heteroatoms. The first-order valence-corrected chi connectivity index (χ1v) is 5.68. The molecule has 2 unspecified atom stereocenters. The predicted molar refractivity (Wildman–Crippen MR) is 67.4 cm³/mol. The highest BCUT2D eigenvalue weighted by molar-refractivity contribution is 5.72. The Hall–Kier alpha value is -2.10. The summed E-state index contributed by atoms with van der Waals surface area (Å²) in [5, 5.41) is 31.0. The maximum atomic E-state index is 10.7. The highest BCUT2D eigenvalue weighted by atomic mass is 16.5. The molecule has 0 aromatic heterocycles. The van der Waals surface area contributed by atoms with E-state index < -0.39 is 12.2 Å². The van der Waals surface area contributed by atoms with Crippen molar-refractivity contribution >= 4 is 5.91 Å². The minimum Gasteiger partial charge on any atom is -0.495 e. The van der Waals surface area contributed by atoms with Gasteiger partial charge in [-0.25, -0.2) is 0 Å². The van der Waals surface area contributed by atoms with Crippen molar-refractivity contribution in [3.63, 3.8) is 0 Å². The molecule has 1 aromatic rings. The molecule has 1 amide bonds. The fraction of sp³-hybridized carbons (Fsp3) is 0.385. The number of ether oxygens (including phenoxy) is 1. The quantitative estimate of drug-likeness (QED) is 0.699. The molecule has 0 spiro atoms. The minimum absolute atomic E-state index is 0.0651. The second-order valence-electron chi connectivity index (χ2n) is 4.02. The van der Waals surface area contributed by atoms with Crippen molar-refractivity contribution in [2.45, 2.75) is 19.1 Å². The Bertz CT molecular complexity index is 496. The van der Waals surface area contributed by atoms with E-state index in [1.807, 2.05) is 6.07 Å². The number of carbonyl (C=O) groups is 1. The predicted octanol–water partition coefficient (Wildman–Crippen LogP) is 0.0973. The second kappa shape index (κ2) is 6.73. The van der Waals surface area contributed by atoms with Crippen LogP contribution in [0, 0.1) is 11.3 Å². The Morgan fingerprint density at radius 2 is 2.21 bits per heavy atom. The molecular weight excluding hydrogens is 248 g/mol. The third-order valence-corrected chi connectivity index (χ3v) is 2.61. The lowest BCUT2D eigenvalue weighted by Crippen LogP contribution is -2.34. The zero-order valence-corrected chi connectivity index (χ0v) is 10.8. The van der Waals surface area contributed by atoms with Crippen LogP contribution in [0.3, 0.4) is 0 Å². The van der Waals surface area contributed by atoms with Crippen molar-refractivity contribution in [3.05, 3.63) is 29.3 Å². The lowest BCUT2D eigenvalue weighted by Gasteiger charge is -2.19. The van der Waals surface area contributed by atoms with E-state index in [4.69, 9.17) is 10.00 Å². The third-order valence-electron chi connectivity index (χ3n) is 2.61. The van der Waals surface area contributed by atoms with Crippen molar-refractivity contribution in [1.82, 2.24) is 5.32 Å². The molecule has 0 aliphatic rings. The van der Waals surface area contributed by atoms with Crippen LogP contribution in [0.25, 0.3) is 0 Å². The van der Waals surface area contributed by atoms with Crippen molar-refractivity contribution in [3.8, 4) is 11.8 Å². The van der Waals surface area contributed by atoms with Gasteiger partial charge in [0.25, 0.3) is 0 Å². The summed E-state index contributed by atoms with van der Waals surface area (Å²) in [5.74, 6) is 0.105. The molecule has 3 N–H and O–H groups in total. The van der Waals surface area contributed by atoms with Gasteiger partial charge in [-0.1, -0.05) is 6.07 Å². The topological polar surface area (TPSA) is 103 Å². The molecule has 1 aromatic carbocycles. The van der Waals surface area contributed by atoms with Gasteiger partial charge in [0, 0.05) is 13.5 Å². The van der Waals surface area contributed by atoms with E-state index in [0.717, 1.165) is 0 Å². The molecular formula is C13H16N2O4. The van der Waals surface area contributed by atoms with Gasteiger partial charge in [0.15, 0.2) is 0 Å². The number of aliphatic hydroxyl groups excluding tert-OH is 2. The number of nitriles is 1. The lowest BCUT2D eigenvalue weighted by atomic mass is 10.0. The first kappa shape index (κ1) is 15.0. The van der Waals surface area contributed by atoms with Crippen LogP contribution in [0.2, 0.25) is 0 Å². The van der Waals surface area contributed by atoms with Crippen LogP contribution in [-0.4, -0.2) is 35.9 Å². The van der Waals surface area contributed by atoms with Crippen LogP contribution < -0.4 is 10.1 Å². The van der Waals surface area contributed by atoms with Crippen LogP contribution >= 0.6 is 0 Å². The molecule has 0 aliphatic heterocycles. The molecule has 0 heterocycles. The summed E-state index contributed by atoms with van der Waals surface area (Å²) in [6.45, 7) is 1.25. The van der Waals surface area contributed by atoms with Crippen molar-refractivity contribution in [2.24, 2.45) is 0 Å². The number of rotatable bonds is 5. The van der Waals surface area contributed by atoms with Crippen molar-refractivity contribution in [2.75, 3.05) is 13.7 Å². The van der Waals surface area contributed by atoms with E-state index in [9.17, 15) is 15.0 Å². The maximum Gasteiger partial charge on any atom is 0.216 e. The average Bonchev–Trinajstić information content (AvgIpc) is 2.42. The van der Waals surface area contributed by atoms with Gasteiger partial charge in [-0.05, 0) is 17.7 Å². The Morgan fingerprint density at radius 3 is 2.74 bits per heavy atom. The van der Waals surface area contributed by atoms with E-state index in [1.165, 1.54) is 20.1 Å². The summed E-state index contributed by atoms with van der Waals surface area (Å²) in [4.78, 5) is 10.7. The fourth-order valence-corrected chi connectivity index (χ4v) is 1.58. The molecule has 0 radical (unpaired) electrons. The highest BCUT2D eigenvalue weighted by Crippen LogP contribution is 2.24. The first-order valence-electron chi connectivity index (χ1n) is 5.68. The number of aliphatic hydroxyl groups is 2. The smallest absolute Gasteiger partial charge is 0.216 e. The molecule has 0 aliphatic carbocycles. The van der Waals surface area contributed by atoms with Gasteiger partial charge in [0.1, 0.15) is 24.0 Å². The van der Waals surface area contributed by atoms with Gasteiger partial charge in [0.05, 0.1) is 12.7 Å². The zero-order valence-electron chi connectivity index (χ0n) is 10.8. The van der Waals surface area contributed by atoms with E-state index >= 15 is 0 Å². The van der Waals surface area contributed by atoms with Crippen LogP contribution in [-0.2, 0) is 4.79 Å². The summed E-state index contributed by atoms with van der Waals surface area (Å²) in [6.07, 6.45) is -2.34. The van der Waals surface area contributed by atoms with Gasteiger partial charge in [-0.3, -0.25) is 4.79 Å². The molecule has 0 saturated heterocycles. The molecule has 102 valence electrons. The summed E-state index contributed by atoms with van der Waals surface area (Å²) in [7, 11) is 1.44. The normalized spacial score (nSPS) is 13.2. The number of carbonyl (C=O) groups excluding carboxylic acids is 1. The minimum atomic E-state index is -1.19. The van der Waals surface area contributed by atoms with Crippen LogP contribution in [0.1, 0.15) is 24.2 Å². The number of nitrogens with one attached hydrogen (secondary N) is 1. The SMILES string of the molecule is COc1ccc(C(O)C(O)CNC(C)=O)cc1C#N. The monoisotopic (exact) mass is 264 g/mol. The van der Waals surface area contributed by atoms with E-state index in [2.05, 4.69) is 5.32 Å². The standard InChI is InChI=1S/C13H16N2O4/c1-8(16)15-7-11(17)13(18)9-3-4-12(19-2)10(5-9)6-14/h3-5,11,13,17-18H,7H2,1-2H3,(H,15,16). The highest BCUT2D eigenvalue weighted by Gasteiger charge is 2.19. The number of benzene rings is 1. The molecule has 6 nitrogen and oxygen atoms in total. The Kier molecular flexibility index (Phi) is 5.30. The van der Waals surface area contributed by atoms with E-state index in [-0.39, 0.29) is 18.0 Å². The third kappa shape index (κ3) is 3.95. The van der Waals surface area contributed by atoms with Gasteiger partial charge in [0.2, 0.25) is 5.91 Å². The van der Waals surface area contributed by atoms with Crippen molar-refractivity contribution in [1.29, 1.82) is 5.26 Å². The van der Waals surface area contributed by atoms with Crippen molar-refractivity contribution < 1.29 is 19.7 Å². The van der Waals surface area contributed by atoms with Gasteiger partial charge in [-0.2, -0.15) is 5.26 Å². The molecule has 2 atom stereocenters. The molecule has 1 rings (SSSR count). The summed E-state index contributed by atoms with van der Waals surface area (Å²) in [5.41, 5.74) is 0.654. The number of nitrogens with zero attached hydrogens (tertiary/aromatic N) is 1. The largest absolute Gasteiger partial charge is 0.495 e. The number of amides is 1. The Balaban J connectivity index is 2.85. The average molecular weight is 264 g/mol. The summed E-state index contributed by atoms with van der Waals surface area (Å²) >= 11 is 0. The van der Waals surface area contributed by atoms with Crippen LogP contribution in [0.4, 0.5) is 0 Å². The van der Waals surface area contributed by atoms with Gasteiger partial charge >= 0.3 is 0 Å². The second-order valence-corrected chi connectivity index (χ2v) is 4.02. The maximum absolute atomic E-state index is 10.7.